The van der Waals surface area contributed by atoms with Crippen LogP contribution in [-0.2, 0) is 22.4 Å². The topological polar surface area (TPSA) is 58.2 Å². The molecule has 0 aromatic heterocycles. The molecule has 0 atom stereocenters. The molecule has 3 rings (SSSR count). The molecule has 136 valence electrons. The Morgan fingerprint density at radius 1 is 0.704 bits per heavy atom. The second kappa shape index (κ2) is 8.81. The Balaban J connectivity index is 1.65. The predicted molar refractivity (Wildman–Crippen MR) is 108 cm³/mol. The van der Waals surface area contributed by atoms with Gasteiger partial charge < -0.3 is 10.6 Å². The van der Waals surface area contributed by atoms with Crippen LogP contribution in [0, 0.1) is 0 Å². The third kappa shape index (κ3) is 5.05. The van der Waals surface area contributed by atoms with E-state index < -0.39 is 0 Å². The van der Waals surface area contributed by atoms with Crippen LogP contribution in [0.4, 0.5) is 5.69 Å². The third-order valence-corrected chi connectivity index (χ3v) is 4.35. The minimum Gasteiger partial charge on any atom is -0.359 e. The molecular formula is C23H22N2O2. The lowest BCUT2D eigenvalue weighted by Gasteiger charge is -2.11. The van der Waals surface area contributed by atoms with Crippen molar-refractivity contribution in [1.29, 1.82) is 0 Å². The van der Waals surface area contributed by atoms with Crippen LogP contribution in [0.15, 0.2) is 78.9 Å². The van der Waals surface area contributed by atoms with Crippen molar-refractivity contribution >= 4 is 17.5 Å². The Bertz CT molecular complexity index is 919. The van der Waals surface area contributed by atoms with Crippen LogP contribution in [0.2, 0.25) is 0 Å². The fourth-order valence-corrected chi connectivity index (χ4v) is 2.88. The Kier molecular flexibility index (Phi) is 6.00. The van der Waals surface area contributed by atoms with Crippen LogP contribution in [-0.4, -0.2) is 18.9 Å². The van der Waals surface area contributed by atoms with Crippen molar-refractivity contribution in [2.45, 2.75) is 12.8 Å². The van der Waals surface area contributed by atoms with E-state index in [1.54, 1.807) is 7.05 Å². The van der Waals surface area contributed by atoms with Gasteiger partial charge in [0, 0.05) is 12.7 Å². The highest BCUT2D eigenvalue weighted by molar-refractivity contribution is 5.94. The maximum Gasteiger partial charge on any atom is 0.228 e. The average molecular weight is 358 g/mol. The first-order chi connectivity index (χ1) is 13.2. The van der Waals surface area contributed by atoms with Crippen molar-refractivity contribution in [3.63, 3.8) is 0 Å². The van der Waals surface area contributed by atoms with Crippen LogP contribution < -0.4 is 10.6 Å². The molecule has 3 aromatic rings. The van der Waals surface area contributed by atoms with Gasteiger partial charge in [-0.3, -0.25) is 9.59 Å². The van der Waals surface area contributed by atoms with Gasteiger partial charge in [-0.25, -0.2) is 0 Å². The first kappa shape index (κ1) is 18.4. The van der Waals surface area contributed by atoms with E-state index in [4.69, 9.17) is 0 Å². The van der Waals surface area contributed by atoms with Crippen LogP contribution in [0.25, 0.3) is 11.1 Å². The van der Waals surface area contributed by atoms with Gasteiger partial charge in [-0.2, -0.15) is 0 Å². The molecule has 0 saturated heterocycles. The fraction of sp³-hybridized carbons (Fsp3) is 0.130. The van der Waals surface area contributed by atoms with Crippen molar-refractivity contribution in [1.82, 2.24) is 5.32 Å². The molecule has 0 heterocycles. The molecule has 2 amide bonds. The normalized spacial score (nSPS) is 10.3. The van der Waals surface area contributed by atoms with E-state index in [1.807, 2.05) is 66.7 Å². The predicted octanol–water partition coefficient (Wildman–Crippen LogP) is 3.82. The molecule has 0 bridgehead atoms. The lowest BCUT2D eigenvalue weighted by molar-refractivity contribution is -0.120. The lowest BCUT2D eigenvalue weighted by atomic mass is 10.0. The highest BCUT2D eigenvalue weighted by Crippen LogP contribution is 2.20. The van der Waals surface area contributed by atoms with E-state index in [0.717, 1.165) is 22.3 Å². The number of likely N-dealkylation sites (N-methyl/N-ethyl adjacent to an activating group) is 1. The second-order valence-corrected chi connectivity index (χ2v) is 6.30. The van der Waals surface area contributed by atoms with Crippen LogP contribution in [0.5, 0.6) is 0 Å². The van der Waals surface area contributed by atoms with Gasteiger partial charge in [-0.1, -0.05) is 72.8 Å². The molecule has 0 spiro atoms. The maximum atomic E-state index is 12.4. The summed E-state index contributed by atoms with van der Waals surface area (Å²) < 4.78 is 0. The first-order valence-corrected chi connectivity index (χ1v) is 8.88. The zero-order valence-electron chi connectivity index (χ0n) is 15.2. The zero-order valence-corrected chi connectivity index (χ0v) is 15.2. The standard InChI is InChI=1S/C23H22N2O2/c1-24-22(26)16-20-9-5-6-10-21(20)25-23(27)15-17-11-13-19(14-12-17)18-7-3-2-4-8-18/h2-14H,15-16H2,1H3,(H,24,26)(H,25,27). The van der Waals surface area contributed by atoms with Crippen molar-refractivity contribution < 1.29 is 9.59 Å². The lowest BCUT2D eigenvalue weighted by Crippen LogP contribution is -2.21. The molecule has 0 unspecified atom stereocenters. The van der Waals surface area contributed by atoms with Gasteiger partial charge in [-0.05, 0) is 28.3 Å². The molecule has 2 N–H and O–H groups in total. The molecule has 0 aliphatic carbocycles. The summed E-state index contributed by atoms with van der Waals surface area (Å²) in [5.41, 5.74) is 4.68. The smallest absolute Gasteiger partial charge is 0.228 e. The Morgan fingerprint density at radius 3 is 2.04 bits per heavy atom. The van der Waals surface area contributed by atoms with Gasteiger partial charge in [0.1, 0.15) is 0 Å². The summed E-state index contributed by atoms with van der Waals surface area (Å²) in [6.07, 6.45) is 0.516. The molecule has 27 heavy (non-hydrogen) atoms. The number of hydrogen-bond donors (Lipinski definition) is 2. The summed E-state index contributed by atoms with van der Waals surface area (Å²) in [5.74, 6) is -0.194. The summed E-state index contributed by atoms with van der Waals surface area (Å²) in [4.78, 5) is 24.1. The van der Waals surface area contributed by atoms with E-state index in [0.29, 0.717) is 5.69 Å². The molecule has 0 radical (unpaired) electrons. The fourth-order valence-electron chi connectivity index (χ4n) is 2.88. The Morgan fingerprint density at radius 2 is 1.33 bits per heavy atom. The van der Waals surface area contributed by atoms with Gasteiger partial charge >= 0.3 is 0 Å². The number of amides is 2. The third-order valence-electron chi connectivity index (χ3n) is 4.35. The van der Waals surface area contributed by atoms with Crippen molar-refractivity contribution in [3.05, 3.63) is 90.0 Å². The van der Waals surface area contributed by atoms with E-state index in [9.17, 15) is 9.59 Å². The number of para-hydroxylation sites is 1. The second-order valence-electron chi connectivity index (χ2n) is 6.30. The number of rotatable bonds is 6. The highest BCUT2D eigenvalue weighted by Gasteiger charge is 2.10. The van der Waals surface area contributed by atoms with E-state index in [1.165, 1.54) is 0 Å². The Labute approximate surface area is 159 Å². The summed E-state index contributed by atoms with van der Waals surface area (Å²) in [6, 6.07) is 25.5. The monoisotopic (exact) mass is 358 g/mol. The summed E-state index contributed by atoms with van der Waals surface area (Å²) in [5, 5.41) is 5.52. The summed E-state index contributed by atoms with van der Waals surface area (Å²) in [6.45, 7) is 0. The summed E-state index contributed by atoms with van der Waals surface area (Å²) >= 11 is 0. The van der Waals surface area contributed by atoms with Gasteiger partial charge in [0.05, 0.1) is 12.8 Å². The quantitative estimate of drug-likeness (QED) is 0.704. The van der Waals surface area contributed by atoms with Crippen LogP contribution >= 0.6 is 0 Å². The minimum atomic E-state index is -0.105. The van der Waals surface area contributed by atoms with Gasteiger partial charge in [-0.15, -0.1) is 0 Å². The molecule has 0 saturated carbocycles. The minimum absolute atomic E-state index is 0.0896. The van der Waals surface area contributed by atoms with Crippen molar-refractivity contribution in [3.8, 4) is 11.1 Å². The highest BCUT2D eigenvalue weighted by atomic mass is 16.2. The number of hydrogen-bond acceptors (Lipinski definition) is 2. The number of carbonyl (C=O) groups excluding carboxylic acids is 2. The van der Waals surface area contributed by atoms with Crippen molar-refractivity contribution in [2.24, 2.45) is 0 Å². The first-order valence-electron chi connectivity index (χ1n) is 8.88. The SMILES string of the molecule is CNC(=O)Cc1ccccc1NC(=O)Cc1ccc(-c2ccccc2)cc1. The number of benzene rings is 3. The largest absolute Gasteiger partial charge is 0.359 e. The number of carbonyl (C=O) groups is 2. The zero-order chi connectivity index (χ0) is 19.1. The molecule has 0 aliphatic rings. The van der Waals surface area contributed by atoms with Crippen molar-refractivity contribution in [2.75, 3.05) is 12.4 Å². The van der Waals surface area contributed by atoms with Gasteiger partial charge in [0.25, 0.3) is 0 Å². The maximum absolute atomic E-state index is 12.4. The number of anilines is 1. The van der Waals surface area contributed by atoms with Crippen LogP contribution in [0.3, 0.4) is 0 Å². The summed E-state index contributed by atoms with van der Waals surface area (Å²) in [7, 11) is 1.60. The Hall–Kier alpha value is -3.40. The molecular weight excluding hydrogens is 336 g/mol. The molecule has 4 heteroatoms. The van der Waals surface area contributed by atoms with E-state index in [-0.39, 0.29) is 24.7 Å². The number of nitrogens with one attached hydrogen (secondary N) is 2. The molecule has 0 aliphatic heterocycles. The molecule has 4 nitrogen and oxygen atoms in total. The average Bonchev–Trinajstić information content (AvgIpc) is 2.70. The van der Waals surface area contributed by atoms with Crippen LogP contribution in [0.1, 0.15) is 11.1 Å². The van der Waals surface area contributed by atoms with E-state index in [2.05, 4.69) is 22.8 Å². The van der Waals surface area contributed by atoms with Gasteiger partial charge in [0.15, 0.2) is 0 Å². The molecule has 0 fully saturated rings. The molecule has 3 aromatic carbocycles. The van der Waals surface area contributed by atoms with E-state index >= 15 is 0 Å². The van der Waals surface area contributed by atoms with Gasteiger partial charge in [0.2, 0.25) is 11.8 Å².